The average Bonchev–Trinajstić information content (AvgIpc) is 3.32. The third-order valence-electron chi connectivity index (χ3n) is 5.42. The van der Waals surface area contributed by atoms with Gasteiger partial charge in [-0.3, -0.25) is 9.79 Å². The minimum absolute atomic E-state index is 0.122. The van der Waals surface area contributed by atoms with Gasteiger partial charge < -0.3 is 4.90 Å². The van der Waals surface area contributed by atoms with Crippen molar-refractivity contribution in [1.29, 1.82) is 0 Å². The number of hydrogen-bond acceptors (Lipinski definition) is 3. The summed E-state index contributed by atoms with van der Waals surface area (Å²) in [7, 11) is 0. The SMILES string of the molecule is CC(=O)c1ccc([C@@H]2CCC(c3ccccc3)N2C2=NCCC2)cc1. The highest BCUT2D eigenvalue weighted by molar-refractivity contribution is 5.94. The predicted molar refractivity (Wildman–Crippen MR) is 101 cm³/mol. The lowest BCUT2D eigenvalue weighted by molar-refractivity contribution is 0.101. The molecular formula is C22H24N2O. The van der Waals surface area contributed by atoms with Crippen molar-refractivity contribution in [2.45, 2.75) is 44.7 Å². The zero-order valence-corrected chi connectivity index (χ0v) is 14.7. The molecule has 25 heavy (non-hydrogen) atoms. The number of ketones is 1. The number of rotatable bonds is 3. The van der Waals surface area contributed by atoms with E-state index in [-0.39, 0.29) is 5.78 Å². The van der Waals surface area contributed by atoms with Gasteiger partial charge in [-0.1, -0.05) is 54.6 Å². The molecule has 2 atom stereocenters. The molecule has 2 aromatic rings. The number of aliphatic imine (C=N–C) groups is 1. The van der Waals surface area contributed by atoms with Gasteiger partial charge >= 0.3 is 0 Å². The number of carbonyl (C=O) groups is 1. The second kappa shape index (κ2) is 6.83. The van der Waals surface area contributed by atoms with Gasteiger partial charge in [-0.25, -0.2) is 0 Å². The standard InChI is InChI=1S/C22H24N2O/c1-16(25)17-9-11-19(12-10-17)21-14-13-20(18-6-3-2-4-7-18)24(21)22-8-5-15-23-22/h2-4,6-7,9-12,20-21H,5,8,13-15H2,1H3/t20?,21-/m0/s1. The maximum atomic E-state index is 11.6. The normalized spacial score (nSPS) is 22.9. The third-order valence-corrected chi connectivity index (χ3v) is 5.42. The smallest absolute Gasteiger partial charge is 0.159 e. The fraction of sp³-hybridized carbons (Fsp3) is 0.364. The van der Waals surface area contributed by atoms with Gasteiger partial charge in [0, 0.05) is 18.5 Å². The molecule has 0 spiro atoms. The van der Waals surface area contributed by atoms with E-state index >= 15 is 0 Å². The van der Waals surface area contributed by atoms with Gasteiger partial charge in [0.05, 0.1) is 17.9 Å². The molecular weight excluding hydrogens is 308 g/mol. The molecule has 3 nitrogen and oxygen atoms in total. The summed E-state index contributed by atoms with van der Waals surface area (Å²) in [6.07, 6.45) is 4.49. The van der Waals surface area contributed by atoms with E-state index in [2.05, 4.69) is 47.4 Å². The number of hydrogen-bond donors (Lipinski definition) is 0. The van der Waals surface area contributed by atoms with Crippen molar-refractivity contribution in [2.24, 2.45) is 4.99 Å². The lowest BCUT2D eigenvalue weighted by atomic mass is 10.0. The van der Waals surface area contributed by atoms with Gasteiger partial charge in [-0.15, -0.1) is 0 Å². The molecule has 0 N–H and O–H groups in total. The zero-order valence-electron chi connectivity index (χ0n) is 14.7. The maximum absolute atomic E-state index is 11.6. The summed E-state index contributed by atoms with van der Waals surface area (Å²) in [4.78, 5) is 18.9. The Kier molecular flexibility index (Phi) is 4.39. The zero-order chi connectivity index (χ0) is 17.2. The number of Topliss-reactive ketones (excluding diaryl/α,β-unsaturated/α-hetero) is 1. The molecule has 1 saturated heterocycles. The van der Waals surface area contributed by atoms with E-state index in [9.17, 15) is 4.79 Å². The van der Waals surface area contributed by atoms with Crippen LogP contribution in [0.1, 0.15) is 66.2 Å². The van der Waals surface area contributed by atoms with E-state index in [0.717, 1.165) is 37.8 Å². The van der Waals surface area contributed by atoms with Crippen molar-refractivity contribution >= 4 is 11.6 Å². The first-order chi connectivity index (χ1) is 12.2. The van der Waals surface area contributed by atoms with Crippen LogP contribution < -0.4 is 0 Å². The van der Waals surface area contributed by atoms with E-state index in [4.69, 9.17) is 4.99 Å². The summed E-state index contributed by atoms with van der Waals surface area (Å²) in [5, 5.41) is 0. The van der Waals surface area contributed by atoms with Crippen molar-refractivity contribution in [3.63, 3.8) is 0 Å². The third kappa shape index (κ3) is 3.11. The first-order valence-corrected chi connectivity index (χ1v) is 9.21. The van der Waals surface area contributed by atoms with Crippen LogP contribution in [0.4, 0.5) is 0 Å². The first kappa shape index (κ1) is 16.1. The Labute approximate surface area is 149 Å². The second-order valence-electron chi connectivity index (χ2n) is 7.01. The van der Waals surface area contributed by atoms with Crippen molar-refractivity contribution in [3.05, 3.63) is 71.3 Å². The molecule has 2 aliphatic rings. The van der Waals surface area contributed by atoms with Crippen molar-refractivity contribution < 1.29 is 4.79 Å². The molecule has 4 rings (SSSR count). The van der Waals surface area contributed by atoms with Crippen LogP contribution in [0, 0.1) is 0 Å². The molecule has 1 fully saturated rings. The van der Waals surface area contributed by atoms with Crippen LogP contribution in [0.2, 0.25) is 0 Å². The fourth-order valence-electron chi connectivity index (χ4n) is 4.18. The van der Waals surface area contributed by atoms with Crippen molar-refractivity contribution in [3.8, 4) is 0 Å². The molecule has 128 valence electrons. The monoisotopic (exact) mass is 332 g/mol. The summed E-state index contributed by atoms with van der Waals surface area (Å²) in [5.74, 6) is 1.38. The highest BCUT2D eigenvalue weighted by atomic mass is 16.1. The summed E-state index contributed by atoms with van der Waals surface area (Å²) in [6, 6.07) is 19.7. The molecule has 2 heterocycles. The second-order valence-corrected chi connectivity index (χ2v) is 7.01. The van der Waals surface area contributed by atoms with E-state index in [1.54, 1.807) is 6.92 Å². The van der Waals surface area contributed by atoms with Crippen molar-refractivity contribution in [1.82, 2.24) is 4.90 Å². The summed E-state index contributed by atoms with van der Waals surface area (Å²) < 4.78 is 0. The quantitative estimate of drug-likeness (QED) is 0.744. The predicted octanol–water partition coefficient (Wildman–Crippen LogP) is 4.96. The molecule has 2 aliphatic heterocycles. The van der Waals surface area contributed by atoms with Gasteiger partial charge in [-0.05, 0) is 37.3 Å². The fourth-order valence-corrected chi connectivity index (χ4v) is 4.18. The van der Waals surface area contributed by atoms with Crippen LogP contribution >= 0.6 is 0 Å². The van der Waals surface area contributed by atoms with Crippen LogP contribution in [0.25, 0.3) is 0 Å². The molecule has 0 amide bonds. The molecule has 0 aromatic heterocycles. The maximum Gasteiger partial charge on any atom is 0.159 e. The summed E-state index contributed by atoms with van der Waals surface area (Å²) >= 11 is 0. The van der Waals surface area contributed by atoms with Crippen LogP contribution in [-0.4, -0.2) is 23.1 Å². The van der Waals surface area contributed by atoms with Crippen LogP contribution in [-0.2, 0) is 0 Å². The topological polar surface area (TPSA) is 32.7 Å². The highest BCUT2D eigenvalue weighted by Crippen LogP contribution is 2.45. The van der Waals surface area contributed by atoms with Crippen molar-refractivity contribution in [2.75, 3.05) is 6.54 Å². The number of amidine groups is 1. The van der Waals surface area contributed by atoms with Crippen LogP contribution in [0.15, 0.2) is 59.6 Å². The Balaban J connectivity index is 1.68. The largest absolute Gasteiger partial charge is 0.346 e. The lowest BCUT2D eigenvalue weighted by Gasteiger charge is -2.33. The van der Waals surface area contributed by atoms with E-state index in [0.29, 0.717) is 12.1 Å². The Hall–Kier alpha value is -2.42. The van der Waals surface area contributed by atoms with Gasteiger partial charge in [0.2, 0.25) is 0 Å². The molecule has 3 heteroatoms. The van der Waals surface area contributed by atoms with E-state index in [1.165, 1.54) is 17.0 Å². The summed E-state index contributed by atoms with van der Waals surface area (Å²) in [5.41, 5.74) is 3.45. The highest BCUT2D eigenvalue weighted by Gasteiger charge is 2.37. The molecule has 2 aromatic carbocycles. The van der Waals surface area contributed by atoms with Crippen LogP contribution in [0.3, 0.4) is 0 Å². The average molecular weight is 332 g/mol. The van der Waals surface area contributed by atoms with Gasteiger partial charge in [0.25, 0.3) is 0 Å². The summed E-state index contributed by atoms with van der Waals surface area (Å²) in [6.45, 7) is 2.57. The number of nitrogens with zero attached hydrogens (tertiary/aromatic N) is 2. The molecule has 0 saturated carbocycles. The van der Waals surface area contributed by atoms with Gasteiger partial charge in [0.1, 0.15) is 0 Å². The van der Waals surface area contributed by atoms with Crippen LogP contribution in [0.5, 0.6) is 0 Å². The first-order valence-electron chi connectivity index (χ1n) is 9.21. The number of carbonyl (C=O) groups excluding carboxylic acids is 1. The van der Waals surface area contributed by atoms with E-state index < -0.39 is 0 Å². The van der Waals surface area contributed by atoms with E-state index in [1.807, 2.05) is 12.1 Å². The minimum Gasteiger partial charge on any atom is -0.346 e. The van der Waals surface area contributed by atoms with Gasteiger partial charge in [-0.2, -0.15) is 0 Å². The Bertz CT molecular complexity index is 779. The molecule has 1 unspecified atom stereocenters. The Morgan fingerprint density at radius 2 is 1.60 bits per heavy atom. The molecule has 0 bridgehead atoms. The Morgan fingerprint density at radius 1 is 0.960 bits per heavy atom. The number of benzene rings is 2. The molecule has 0 radical (unpaired) electrons. The Morgan fingerprint density at radius 3 is 2.16 bits per heavy atom. The number of likely N-dealkylation sites (tertiary alicyclic amines) is 1. The molecule has 0 aliphatic carbocycles. The minimum atomic E-state index is 0.122. The lowest BCUT2D eigenvalue weighted by Crippen LogP contribution is -2.31. The van der Waals surface area contributed by atoms with Gasteiger partial charge in [0.15, 0.2) is 5.78 Å².